The molecule has 0 aliphatic rings. The Morgan fingerprint density at radius 3 is 2.12 bits per heavy atom. The summed E-state index contributed by atoms with van der Waals surface area (Å²) in [5.41, 5.74) is -0.444. The van der Waals surface area contributed by atoms with Gasteiger partial charge < -0.3 is 4.74 Å². The van der Waals surface area contributed by atoms with Gasteiger partial charge in [-0.2, -0.15) is 0 Å². The van der Waals surface area contributed by atoms with Gasteiger partial charge in [-0.05, 0) is 12.8 Å². The number of halogens is 1. The van der Waals surface area contributed by atoms with Gasteiger partial charge in [0.05, 0.1) is 5.92 Å². The van der Waals surface area contributed by atoms with Crippen molar-refractivity contribution in [2.45, 2.75) is 77.7 Å². The van der Waals surface area contributed by atoms with E-state index in [2.05, 4.69) is 6.92 Å². The lowest BCUT2D eigenvalue weighted by Gasteiger charge is -2.12. The molecule has 1 atom stereocenters. The predicted molar refractivity (Wildman–Crippen MR) is 73.2 cm³/mol. The molecule has 0 radical (unpaired) electrons. The molecule has 2 nitrogen and oxygen atoms in total. The van der Waals surface area contributed by atoms with E-state index < -0.39 is 5.56 Å². The molecule has 3 heteroatoms. The number of alkyl halides is 1. The fourth-order valence-corrected chi connectivity index (χ4v) is 1.83. The number of hydrogen-bond donors (Lipinski definition) is 0. The lowest BCUT2D eigenvalue weighted by atomic mass is 10.1. The first-order valence-electron chi connectivity index (χ1n) is 6.92. The van der Waals surface area contributed by atoms with Gasteiger partial charge >= 0.3 is 5.97 Å². The Hall–Kier alpha value is -0.240. The summed E-state index contributed by atoms with van der Waals surface area (Å²) in [5.74, 6) is -0.293. The summed E-state index contributed by atoms with van der Waals surface area (Å²) in [5, 5.41) is 0. The van der Waals surface area contributed by atoms with Crippen molar-refractivity contribution < 1.29 is 9.53 Å². The molecule has 0 aromatic rings. The highest BCUT2D eigenvalue weighted by atomic mass is 35.5. The second-order valence-electron chi connectivity index (χ2n) is 4.91. The van der Waals surface area contributed by atoms with E-state index in [9.17, 15) is 4.79 Å². The van der Waals surface area contributed by atoms with E-state index in [1.807, 2.05) is 13.8 Å². The minimum atomic E-state index is -0.444. The van der Waals surface area contributed by atoms with Gasteiger partial charge in [0.2, 0.25) is 0 Å². The maximum atomic E-state index is 11.3. The molecule has 102 valence electrons. The Bertz CT molecular complexity index is 193. The summed E-state index contributed by atoms with van der Waals surface area (Å²) in [6.07, 6.45) is 9.54. The number of carbonyl (C=O) groups excluding carboxylic acids is 1. The van der Waals surface area contributed by atoms with Crippen molar-refractivity contribution in [3.05, 3.63) is 0 Å². The number of carbonyl (C=O) groups is 1. The van der Waals surface area contributed by atoms with E-state index >= 15 is 0 Å². The van der Waals surface area contributed by atoms with Gasteiger partial charge in [0.15, 0.2) is 5.56 Å². The molecule has 17 heavy (non-hydrogen) atoms. The van der Waals surface area contributed by atoms with Crippen molar-refractivity contribution in [3.8, 4) is 0 Å². The summed E-state index contributed by atoms with van der Waals surface area (Å²) < 4.78 is 5.08. The summed E-state index contributed by atoms with van der Waals surface area (Å²) >= 11 is 5.94. The maximum absolute atomic E-state index is 11.3. The third kappa shape index (κ3) is 10.6. The average Bonchev–Trinajstić information content (AvgIpc) is 2.27. The second kappa shape index (κ2) is 10.9. The molecule has 0 fully saturated rings. The van der Waals surface area contributed by atoms with Crippen molar-refractivity contribution >= 4 is 17.6 Å². The molecule has 0 N–H and O–H groups in total. The van der Waals surface area contributed by atoms with E-state index in [1.54, 1.807) is 0 Å². The Morgan fingerprint density at radius 1 is 1.06 bits per heavy atom. The lowest BCUT2D eigenvalue weighted by Crippen LogP contribution is -2.17. The summed E-state index contributed by atoms with van der Waals surface area (Å²) in [6.45, 7) is 5.86. The largest absolute Gasteiger partial charge is 0.446 e. The topological polar surface area (TPSA) is 26.3 Å². The number of esters is 1. The maximum Gasteiger partial charge on any atom is 0.309 e. The molecular formula is C14H27ClO2. The summed E-state index contributed by atoms with van der Waals surface area (Å²) in [6, 6.07) is 0. The lowest BCUT2D eigenvalue weighted by molar-refractivity contribution is -0.149. The minimum absolute atomic E-state index is 0.0923. The molecule has 0 aromatic heterocycles. The first kappa shape index (κ1) is 16.8. The molecule has 1 unspecified atom stereocenters. The van der Waals surface area contributed by atoms with Crippen LogP contribution in [0.5, 0.6) is 0 Å². The number of ether oxygens (including phenoxy) is 1. The third-order valence-corrected chi connectivity index (χ3v) is 3.06. The fraction of sp³-hybridized carbons (Fsp3) is 0.929. The van der Waals surface area contributed by atoms with Crippen LogP contribution in [-0.4, -0.2) is 11.5 Å². The van der Waals surface area contributed by atoms with Crippen molar-refractivity contribution in [2.24, 2.45) is 5.92 Å². The van der Waals surface area contributed by atoms with Gasteiger partial charge in [-0.3, -0.25) is 4.79 Å². The van der Waals surface area contributed by atoms with Crippen molar-refractivity contribution in [3.63, 3.8) is 0 Å². The molecule has 0 aliphatic heterocycles. The molecule has 0 aliphatic carbocycles. The quantitative estimate of drug-likeness (QED) is 0.318. The molecule has 0 amide bonds. The fourth-order valence-electron chi connectivity index (χ4n) is 1.58. The summed E-state index contributed by atoms with van der Waals surface area (Å²) in [7, 11) is 0. The van der Waals surface area contributed by atoms with Crippen LogP contribution in [0.3, 0.4) is 0 Å². The highest BCUT2D eigenvalue weighted by Gasteiger charge is 2.13. The van der Waals surface area contributed by atoms with Gasteiger partial charge in [0.1, 0.15) is 0 Å². The molecule has 0 heterocycles. The van der Waals surface area contributed by atoms with Crippen LogP contribution in [0.4, 0.5) is 0 Å². The van der Waals surface area contributed by atoms with Gasteiger partial charge in [-0.15, -0.1) is 0 Å². The number of hydrogen-bond acceptors (Lipinski definition) is 2. The van der Waals surface area contributed by atoms with E-state index in [0.717, 1.165) is 12.8 Å². The number of rotatable bonds is 10. The molecule has 0 bridgehead atoms. The Balaban J connectivity index is 3.33. The Kier molecular flexibility index (Phi) is 10.7. The zero-order chi connectivity index (χ0) is 13.1. The second-order valence-corrected chi connectivity index (χ2v) is 5.40. The van der Waals surface area contributed by atoms with Crippen LogP contribution in [0.2, 0.25) is 0 Å². The van der Waals surface area contributed by atoms with E-state index in [0.29, 0.717) is 0 Å². The van der Waals surface area contributed by atoms with Gasteiger partial charge in [-0.25, -0.2) is 0 Å². The standard InChI is InChI=1S/C14H27ClO2/c1-4-5-6-7-8-9-10-11-13(15)17-14(16)12(2)3/h12-13H,4-11H2,1-3H3. The van der Waals surface area contributed by atoms with Crippen LogP contribution in [0.1, 0.15) is 72.1 Å². The SMILES string of the molecule is CCCCCCCCCC(Cl)OC(=O)C(C)C. The van der Waals surface area contributed by atoms with Crippen molar-refractivity contribution in [1.29, 1.82) is 0 Å². The van der Waals surface area contributed by atoms with Gasteiger partial charge in [-0.1, -0.05) is 70.9 Å². The molecule has 0 saturated carbocycles. The molecule has 0 rings (SSSR count). The first-order chi connectivity index (χ1) is 8.07. The predicted octanol–water partition coefficient (Wildman–Crippen LogP) is 4.89. The zero-order valence-electron chi connectivity index (χ0n) is 11.5. The Labute approximate surface area is 111 Å². The summed E-state index contributed by atoms with van der Waals surface area (Å²) in [4.78, 5) is 11.3. The first-order valence-corrected chi connectivity index (χ1v) is 7.36. The van der Waals surface area contributed by atoms with Crippen LogP contribution in [-0.2, 0) is 9.53 Å². The Morgan fingerprint density at radius 2 is 1.59 bits per heavy atom. The van der Waals surface area contributed by atoms with E-state index in [4.69, 9.17) is 16.3 Å². The minimum Gasteiger partial charge on any atom is -0.446 e. The highest BCUT2D eigenvalue weighted by molar-refractivity contribution is 6.20. The monoisotopic (exact) mass is 262 g/mol. The highest BCUT2D eigenvalue weighted by Crippen LogP contribution is 2.14. The number of unbranched alkanes of at least 4 members (excludes halogenated alkanes) is 6. The normalized spacial score (nSPS) is 12.8. The van der Waals surface area contributed by atoms with Crippen molar-refractivity contribution in [2.75, 3.05) is 0 Å². The van der Waals surface area contributed by atoms with Gasteiger partial charge in [0.25, 0.3) is 0 Å². The molecular weight excluding hydrogens is 236 g/mol. The van der Waals surface area contributed by atoms with Crippen LogP contribution in [0.15, 0.2) is 0 Å². The van der Waals surface area contributed by atoms with Crippen LogP contribution in [0.25, 0.3) is 0 Å². The molecule has 0 aromatic carbocycles. The van der Waals surface area contributed by atoms with E-state index in [-0.39, 0.29) is 11.9 Å². The van der Waals surface area contributed by atoms with Crippen LogP contribution < -0.4 is 0 Å². The zero-order valence-corrected chi connectivity index (χ0v) is 12.3. The van der Waals surface area contributed by atoms with Crippen LogP contribution in [0, 0.1) is 5.92 Å². The van der Waals surface area contributed by atoms with E-state index in [1.165, 1.54) is 38.5 Å². The van der Waals surface area contributed by atoms with Gasteiger partial charge in [0, 0.05) is 0 Å². The van der Waals surface area contributed by atoms with Crippen LogP contribution >= 0.6 is 11.6 Å². The molecule has 0 spiro atoms. The molecule has 0 saturated heterocycles. The van der Waals surface area contributed by atoms with Crippen molar-refractivity contribution in [1.82, 2.24) is 0 Å². The average molecular weight is 263 g/mol. The third-order valence-electron chi connectivity index (χ3n) is 2.75. The smallest absolute Gasteiger partial charge is 0.309 e.